The van der Waals surface area contributed by atoms with Crippen molar-refractivity contribution in [3.63, 3.8) is 0 Å². The molecule has 4 heteroatoms. The highest BCUT2D eigenvalue weighted by Gasteiger charge is 2.41. The molecule has 0 aromatic heterocycles. The average molecular weight is 275 g/mol. The highest BCUT2D eigenvalue weighted by Crippen LogP contribution is 2.38. The van der Waals surface area contributed by atoms with Crippen LogP contribution in [0.3, 0.4) is 0 Å². The maximum atomic E-state index is 11.9. The topological polar surface area (TPSA) is 42.1 Å². The van der Waals surface area contributed by atoms with Gasteiger partial charge in [0.25, 0.3) is 0 Å². The zero-order valence-corrected chi connectivity index (χ0v) is 12.2. The summed E-state index contributed by atoms with van der Waals surface area (Å²) in [5.74, 6) is -0.218. The Morgan fingerprint density at radius 1 is 1.40 bits per heavy atom. The molecule has 1 heterocycles. The van der Waals surface area contributed by atoms with Gasteiger partial charge in [0.15, 0.2) is 6.10 Å². The third kappa shape index (κ3) is 2.45. The van der Waals surface area contributed by atoms with E-state index in [0.717, 1.165) is 6.42 Å². The van der Waals surface area contributed by atoms with Crippen LogP contribution >= 0.6 is 0 Å². The van der Waals surface area contributed by atoms with Crippen LogP contribution in [0.25, 0.3) is 0 Å². The molecule has 2 aliphatic rings. The minimum Gasteiger partial charge on any atom is -0.458 e. The molecule has 0 amide bonds. The number of esters is 1. The Morgan fingerprint density at radius 2 is 2.10 bits per heavy atom. The van der Waals surface area contributed by atoms with Crippen LogP contribution in [0.4, 0.5) is 0 Å². The van der Waals surface area contributed by atoms with Gasteiger partial charge in [-0.3, -0.25) is 4.90 Å². The maximum Gasteiger partial charge on any atom is 0.338 e. The number of benzene rings is 1. The van der Waals surface area contributed by atoms with E-state index >= 15 is 0 Å². The highest BCUT2D eigenvalue weighted by molar-refractivity contribution is 5.77. The molecule has 108 valence electrons. The molecule has 0 saturated carbocycles. The van der Waals surface area contributed by atoms with Crippen LogP contribution in [0.1, 0.15) is 31.0 Å². The Kier molecular flexibility index (Phi) is 3.52. The molecule has 20 heavy (non-hydrogen) atoms. The summed E-state index contributed by atoms with van der Waals surface area (Å²) in [4.78, 5) is 14.2. The molecule has 1 unspecified atom stereocenters. The molecule has 1 fully saturated rings. The molecule has 1 aromatic rings. The van der Waals surface area contributed by atoms with Gasteiger partial charge in [0.1, 0.15) is 6.10 Å². The zero-order valence-electron chi connectivity index (χ0n) is 12.2. The van der Waals surface area contributed by atoms with Crippen molar-refractivity contribution in [1.29, 1.82) is 0 Å². The molecule has 1 aromatic carbocycles. The van der Waals surface area contributed by atoms with Gasteiger partial charge in [-0.05, 0) is 32.0 Å². The number of epoxide rings is 1. The molecule has 1 aliphatic carbocycles. The van der Waals surface area contributed by atoms with Crippen LogP contribution in [0, 0.1) is 0 Å². The van der Waals surface area contributed by atoms with E-state index in [1.165, 1.54) is 11.1 Å². The van der Waals surface area contributed by atoms with Crippen LogP contribution in [0.5, 0.6) is 0 Å². The lowest BCUT2D eigenvalue weighted by atomic mass is 10.1. The fourth-order valence-corrected chi connectivity index (χ4v) is 2.86. The predicted octanol–water partition coefficient (Wildman–Crippen LogP) is 1.93. The van der Waals surface area contributed by atoms with E-state index in [4.69, 9.17) is 9.47 Å². The Morgan fingerprint density at radius 3 is 2.75 bits per heavy atom. The summed E-state index contributed by atoms with van der Waals surface area (Å²) in [6.07, 6.45) is 0.344. The Balaban J connectivity index is 1.84. The maximum absolute atomic E-state index is 11.9. The molecule has 1 aliphatic heterocycles. The Hall–Kier alpha value is -1.39. The van der Waals surface area contributed by atoms with Crippen molar-refractivity contribution >= 4 is 5.97 Å². The van der Waals surface area contributed by atoms with E-state index < -0.39 is 0 Å². The number of carbonyl (C=O) groups excluding carboxylic acids is 1. The quantitative estimate of drug-likeness (QED) is 0.622. The van der Waals surface area contributed by atoms with Crippen LogP contribution in [-0.2, 0) is 20.7 Å². The smallest absolute Gasteiger partial charge is 0.338 e. The van der Waals surface area contributed by atoms with Gasteiger partial charge in [-0.15, -0.1) is 0 Å². The van der Waals surface area contributed by atoms with Gasteiger partial charge in [-0.2, -0.15) is 0 Å². The van der Waals surface area contributed by atoms with Gasteiger partial charge in [-0.1, -0.05) is 24.3 Å². The zero-order chi connectivity index (χ0) is 14.3. The average Bonchev–Trinajstić information content (AvgIpc) is 3.20. The number of ether oxygens (including phenoxy) is 2. The minimum atomic E-state index is -0.330. The molecule has 0 radical (unpaired) electrons. The van der Waals surface area contributed by atoms with E-state index in [-0.39, 0.29) is 24.2 Å². The molecule has 1 saturated heterocycles. The SMILES string of the molecule is CC(C)N(C)[C@H]1c2ccccc2C[C@H]1OC(=O)C1CO1. The van der Waals surface area contributed by atoms with E-state index in [1.54, 1.807) is 0 Å². The summed E-state index contributed by atoms with van der Waals surface area (Å²) >= 11 is 0. The summed E-state index contributed by atoms with van der Waals surface area (Å²) in [5, 5.41) is 0. The number of rotatable bonds is 4. The number of fused-ring (bicyclic) bond motifs is 1. The number of nitrogens with zero attached hydrogens (tertiary/aromatic N) is 1. The standard InChI is InChI=1S/C16H21NO3/c1-10(2)17(3)15-12-7-5-4-6-11(12)8-13(15)20-16(18)14-9-19-14/h4-7,10,13-15H,8-9H2,1-3H3/t13-,14?,15+/m1/s1. The molecule has 3 rings (SSSR count). The van der Waals surface area contributed by atoms with Crippen molar-refractivity contribution in [3.8, 4) is 0 Å². The first kappa shape index (κ1) is 13.6. The number of hydrogen-bond acceptors (Lipinski definition) is 4. The molecule has 0 N–H and O–H groups in total. The van der Waals surface area contributed by atoms with Crippen LogP contribution < -0.4 is 0 Å². The third-order valence-corrected chi connectivity index (χ3v) is 4.26. The van der Waals surface area contributed by atoms with Crippen molar-refractivity contribution in [3.05, 3.63) is 35.4 Å². The Bertz CT molecular complexity index is 510. The minimum absolute atomic E-state index is 0.114. The normalized spacial score (nSPS) is 27.8. The number of likely N-dealkylation sites (N-methyl/N-ethyl adjacent to an activating group) is 1. The first-order chi connectivity index (χ1) is 9.58. The Labute approximate surface area is 119 Å². The van der Waals surface area contributed by atoms with E-state index in [0.29, 0.717) is 12.6 Å². The number of carbonyl (C=O) groups is 1. The van der Waals surface area contributed by atoms with E-state index in [2.05, 4.69) is 37.9 Å². The van der Waals surface area contributed by atoms with Crippen LogP contribution in [0.15, 0.2) is 24.3 Å². The summed E-state index contributed by atoms with van der Waals surface area (Å²) < 4.78 is 10.7. The summed E-state index contributed by atoms with van der Waals surface area (Å²) in [6, 6.07) is 8.88. The summed E-state index contributed by atoms with van der Waals surface area (Å²) in [7, 11) is 2.09. The van der Waals surface area contributed by atoms with Gasteiger partial charge in [0.05, 0.1) is 12.6 Å². The van der Waals surface area contributed by atoms with Gasteiger partial charge in [-0.25, -0.2) is 4.79 Å². The van der Waals surface area contributed by atoms with Crippen molar-refractivity contribution in [2.24, 2.45) is 0 Å². The van der Waals surface area contributed by atoms with Crippen LogP contribution in [0.2, 0.25) is 0 Å². The fraction of sp³-hybridized carbons (Fsp3) is 0.562. The van der Waals surface area contributed by atoms with E-state index in [9.17, 15) is 4.79 Å². The lowest BCUT2D eigenvalue weighted by Gasteiger charge is -2.33. The predicted molar refractivity (Wildman–Crippen MR) is 75.4 cm³/mol. The third-order valence-electron chi connectivity index (χ3n) is 4.26. The summed E-state index contributed by atoms with van der Waals surface area (Å²) in [5.41, 5.74) is 2.55. The van der Waals surface area contributed by atoms with Gasteiger partial charge < -0.3 is 9.47 Å². The second-order valence-corrected chi connectivity index (χ2v) is 5.90. The van der Waals surface area contributed by atoms with Crippen molar-refractivity contribution in [2.75, 3.05) is 13.7 Å². The van der Waals surface area contributed by atoms with E-state index in [1.807, 2.05) is 12.1 Å². The lowest BCUT2D eigenvalue weighted by Crippen LogP contribution is -2.38. The van der Waals surface area contributed by atoms with Crippen molar-refractivity contribution < 1.29 is 14.3 Å². The number of hydrogen-bond donors (Lipinski definition) is 0. The van der Waals surface area contributed by atoms with Gasteiger partial charge in [0.2, 0.25) is 0 Å². The molecule has 0 spiro atoms. The van der Waals surface area contributed by atoms with Gasteiger partial charge in [0, 0.05) is 12.5 Å². The first-order valence-electron chi connectivity index (χ1n) is 7.19. The summed E-state index contributed by atoms with van der Waals surface area (Å²) in [6.45, 7) is 4.82. The van der Waals surface area contributed by atoms with Crippen LogP contribution in [-0.4, -0.2) is 42.8 Å². The van der Waals surface area contributed by atoms with Crippen molar-refractivity contribution in [2.45, 2.75) is 44.6 Å². The highest BCUT2D eigenvalue weighted by atomic mass is 16.6. The van der Waals surface area contributed by atoms with Crippen molar-refractivity contribution in [1.82, 2.24) is 4.90 Å². The lowest BCUT2D eigenvalue weighted by molar-refractivity contribution is -0.153. The largest absolute Gasteiger partial charge is 0.458 e. The molecule has 0 bridgehead atoms. The second-order valence-electron chi connectivity index (χ2n) is 5.90. The fourth-order valence-electron chi connectivity index (χ4n) is 2.86. The molecular weight excluding hydrogens is 254 g/mol. The monoisotopic (exact) mass is 275 g/mol. The second kappa shape index (κ2) is 5.19. The molecule has 4 nitrogen and oxygen atoms in total. The molecular formula is C16H21NO3. The van der Waals surface area contributed by atoms with Gasteiger partial charge >= 0.3 is 5.97 Å². The molecule has 3 atom stereocenters. The first-order valence-corrected chi connectivity index (χ1v) is 7.19.